The molecule has 0 amide bonds. The van der Waals surface area contributed by atoms with Crippen molar-refractivity contribution in [2.45, 2.75) is 20.0 Å². The van der Waals surface area contributed by atoms with E-state index >= 15 is 0 Å². The van der Waals surface area contributed by atoms with Gasteiger partial charge in [-0.3, -0.25) is 0 Å². The summed E-state index contributed by atoms with van der Waals surface area (Å²) in [7, 11) is 1.03. The first-order chi connectivity index (χ1) is 6.29. The molecule has 70 valence electrons. The zero-order valence-electron chi connectivity index (χ0n) is 8.38. The number of benzene rings is 1. The van der Waals surface area contributed by atoms with E-state index in [1.807, 2.05) is 0 Å². The lowest BCUT2D eigenvalue weighted by molar-refractivity contribution is 1.35. The zero-order valence-corrected chi connectivity index (χ0v) is 9.38. The molecule has 1 heteroatoms. The smallest absolute Gasteiger partial charge is 0.00978 e. The van der Waals surface area contributed by atoms with Crippen LogP contribution in [0.25, 0.3) is 0 Å². The predicted molar refractivity (Wildman–Crippen MR) is 62.8 cm³/mol. The summed E-state index contributed by atoms with van der Waals surface area (Å²) in [6.45, 7) is 4.32. The molecule has 1 aromatic carbocycles. The van der Waals surface area contributed by atoms with Gasteiger partial charge in [0, 0.05) is 0 Å². The number of allylic oxidation sites excluding steroid dienone is 2. The van der Waals surface area contributed by atoms with Crippen LogP contribution in [0.3, 0.4) is 0 Å². The van der Waals surface area contributed by atoms with Gasteiger partial charge in [-0.25, -0.2) is 0 Å². The Morgan fingerprint density at radius 1 is 1.23 bits per heavy atom. The summed E-state index contributed by atoms with van der Waals surface area (Å²) in [6, 6.07) is 10.7. The van der Waals surface area contributed by atoms with Crippen molar-refractivity contribution < 1.29 is 0 Å². The molecule has 0 heterocycles. The number of rotatable bonds is 4. The maximum absolute atomic E-state index is 2.32. The second-order valence-electron chi connectivity index (χ2n) is 3.40. The van der Waals surface area contributed by atoms with Gasteiger partial charge in [0.2, 0.25) is 0 Å². The van der Waals surface area contributed by atoms with Crippen molar-refractivity contribution in [1.82, 2.24) is 0 Å². The highest BCUT2D eigenvalue weighted by Gasteiger charge is 1.89. The van der Waals surface area contributed by atoms with E-state index < -0.39 is 0 Å². The Bertz CT molecular complexity index is 258. The predicted octanol–water partition coefficient (Wildman–Crippen LogP) is 3.83. The molecule has 0 fully saturated rings. The monoisotopic (exact) mass is 192 g/mol. The van der Waals surface area contributed by atoms with E-state index in [9.17, 15) is 0 Å². The summed E-state index contributed by atoms with van der Waals surface area (Å²) < 4.78 is 0. The molecular formula is C12H17P. The molecule has 0 aliphatic rings. The van der Waals surface area contributed by atoms with Crippen molar-refractivity contribution >= 4 is 8.58 Å². The van der Waals surface area contributed by atoms with Crippen molar-refractivity contribution in [2.75, 3.05) is 6.16 Å². The molecule has 0 N–H and O–H groups in total. The number of hydrogen-bond acceptors (Lipinski definition) is 0. The van der Waals surface area contributed by atoms with Gasteiger partial charge in [0.25, 0.3) is 0 Å². The largest absolute Gasteiger partial charge is 0.114 e. The summed E-state index contributed by atoms with van der Waals surface area (Å²) in [5.41, 5.74) is 2.89. The van der Waals surface area contributed by atoms with Crippen LogP contribution in [-0.4, -0.2) is 6.16 Å². The Kier molecular flexibility index (Phi) is 4.78. The van der Waals surface area contributed by atoms with E-state index in [4.69, 9.17) is 0 Å². The third-order valence-electron chi connectivity index (χ3n) is 1.83. The second kappa shape index (κ2) is 5.94. The fourth-order valence-corrected chi connectivity index (χ4v) is 2.31. The Labute approximate surface area is 82.8 Å². The minimum absolute atomic E-state index is 1.03. The molecule has 0 bridgehead atoms. The van der Waals surface area contributed by atoms with Crippen molar-refractivity contribution in [1.29, 1.82) is 0 Å². The normalized spacial score (nSPS) is 10.6. The van der Waals surface area contributed by atoms with Crippen LogP contribution in [0, 0.1) is 0 Å². The van der Waals surface area contributed by atoms with Crippen LogP contribution < -0.4 is 0 Å². The van der Waals surface area contributed by atoms with Crippen LogP contribution in [0.15, 0.2) is 42.0 Å². The fourth-order valence-electron chi connectivity index (χ4n) is 1.09. The molecule has 1 atom stereocenters. The van der Waals surface area contributed by atoms with Crippen LogP contribution in [0.4, 0.5) is 0 Å². The van der Waals surface area contributed by atoms with Crippen molar-refractivity contribution in [3.8, 4) is 0 Å². The lowest BCUT2D eigenvalue weighted by Gasteiger charge is -1.98. The molecule has 0 aliphatic carbocycles. The lowest BCUT2D eigenvalue weighted by Crippen LogP contribution is -1.78. The first-order valence-electron chi connectivity index (χ1n) is 4.67. The lowest BCUT2D eigenvalue weighted by atomic mass is 10.2. The van der Waals surface area contributed by atoms with Gasteiger partial charge < -0.3 is 0 Å². The molecule has 0 aromatic heterocycles. The zero-order chi connectivity index (χ0) is 9.52. The summed E-state index contributed by atoms with van der Waals surface area (Å²) in [6.07, 6.45) is 4.78. The molecule has 1 unspecified atom stereocenters. The first kappa shape index (κ1) is 10.5. The van der Waals surface area contributed by atoms with Crippen molar-refractivity contribution in [3.63, 3.8) is 0 Å². The van der Waals surface area contributed by atoms with E-state index in [1.165, 1.54) is 23.5 Å². The molecule has 0 radical (unpaired) electrons. The Hall–Kier alpha value is -0.610. The minimum Gasteiger partial charge on any atom is -0.114 e. The van der Waals surface area contributed by atoms with E-state index in [0.717, 1.165) is 8.58 Å². The van der Waals surface area contributed by atoms with E-state index in [1.54, 1.807) is 0 Å². The Morgan fingerprint density at radius 2 is 1.92 bits per heavy atom. The molecule has 1 rings (SSSR count). The number of hydrogen-bond donors (Lipinski definition) is 0. The van der Waals surface area contributed by atoms with Gasteiger partial charge in [0.05, 0.1) is 0 Å². The Balaban J connectivity index is 2.25. The van der Waals surface area contributed by atoms with E-state index in [0.29, 0.717) is 0 Å². The molecule has 1 aromatic rings. The van der Waals surface area contributed by atoms with Crippen LogP contribution in [-0.2, 0) is 6.16 Å². The average molecular weight is 192 g/mol. The highest BCUT2D eigenvalue weighted by Crippen LogP contribution is 2.18. The van der Waals surface area contributed by atoms with E-state index in [-0.39, 0.29) is 0 Å². The van der Waals surface area contributed by atoms with Gasteiger partial charge in [-0.15, -0.1) is 8.58 Å². The van der Waals surface area contributed by atoms with Gasteiger partial charge in [-0.05, 0) is 31.7 Å². The molecule has 0 nitrogen and oxygen atoms in total. The highest BCUT2D eigenvalue weighted by atomic mass is 31.1. The van der Waals surface area contributed by atoms with Crippen molar-refractivity contribution in [3.05, 3.63) is 47.5 Å². The average Bonchev–Trinajstić information content (AvgIpc) is 2.14. The van der Waals surface area contributed by atoms with Crippen LogP contribution in [0.1, 0.15) is 19.4 Å². The maximum atomic E-state index is 2.32. The molecule has 13 heavy (non-hydrogen) atoms. The molecule has 0 aliphatic heterocycles. The quantitative estimate of drug-likeness (QED) is 0.386. The van der Waals surface area contributed by atoms with Gasteiger partial charge >= 0.3 is 0 Å². The van der Waals surface area contributed by atoms with Gasteiger partial charge in [-0.1, -0.05) is 42.0 Å². The fraction of sp³-hybridized carbons (Fsp3) is 0.333. The summed E-state index contributed by atoms with van der Waals surface area (Å²) >= 11 is 0. The minimum atomic E-state index is 1.03. The molecular weight excluding hydrogens is 175 g/mol. The van der Waals surface area contributed by atoms with Gasteiger partial charge in [0.15, 0.2) is 0 Å². The first-order valence-corrected chi connectivity index (χ1v) is 6.08. The van der Waals surface area contributed by atoms with Gasteiger partial charge in [-0.2, -0.15) is 0 Å². The third kappa shape index (κ3) is 4.85. The molecule has 0 saturated heterocycles. The maximum Gasteiger partial charge on any atom is -0.00978 e. The summed E-state index contributed by atoms with van der Waals surface area (Å²) in [5, 5.41) is 0. The van der Waals surface area contributed by atoms with Crippen LogP contribution in [0.5, 0.6) is 0 Å². The topological polar surface area (TPSA) is 0 Å². The summed E-state index contributed by atoms with van der Waals surface area (Å²) in [5.74, 6) is 0. The third-order valence-corrected chi connectivity index (χ3v) is 2.98. The van der Waals surface area contributed by atoms with Crippen molar-refractivity contribution in [2.24, 2.45) is 0 Å². The molecule has 0 saturated carbocycles. The Morgan fingerprint density at radius 3 is 2.54 bits per heavy atom. The SMILES string of the molecule is CC(C)=CCPCc1ccccc1. The van der Waals surface area contributed by atoms with Crippen LogP contribution >= 0.6 is 8.58 Å². The summed E-state index contributed by atoms with van der Waals surface area (Å²) in [4.78, 5) is 0. The highest BCUT2D eigenvalue weighted by molar-refractivity contribution is 7.37. The molecule has 0 spiro atoms. The standard InChI is InChI=1S/C12H17P/c1-11(2)8-9-13-10-12-6-4-3-5-7-12/h3-8,13H,9-10H2,1-2H3. The van der Waals surface area contributed by atoms with Crippen LogP contribution in [0.2, 0.25) is 0 Å². The van der Waals surface area contributed by atoms with Gasteiger partial charge in [0.1, 0.15) is 0 Å². The second-order valence-corrected chi connectivity index (χ2v) is 4.66. The van der Waals surface area contributed by atoms with E-state index in [2.05, 4.69) is 50.3 Å².